The van der Waals surface area contributed by atoms with E-state index in [0.29, 0.717) is 11.2 Å². The highest BCUT2D eigenvalue weighted by atomic mass is 32.1. The number of nitrogens with two attached hydrogens (primary N) is 1. The third-order valence-corrected chi connectivity index (χ3v) is 6.41. The summed E-state index contributed by atoms with van der Waals surface area (Å²) >= 11 is 1.63. The quantitative estimate of drug-likeness (QED) is 0.754. The van der Waals surface area contributed by atoms with E-state index in [1.807, 2.05) is 0 Å². The molecule has 2 aromatic carbocycles. The summed E-state index contributed by atoms with van der Waals surface area (Å²) in [5, 5.41) is 0.665. The van der Waals surface area contributed by atoms with Gasteiger partial charge >= 0.3 is 0 Å². The lowest BCUT2D eigenvalue weighted by molar-refractivity contribution is 0.183. The Morgan fingerprint density at radius 2 is 2.17 bits per heavy atom. The smallest absolute Gasteiger partial charge is 0.181 e. The van der Waals surface area contributed by atoms with Crippen LogP contribution in [0.25, 0.3) is 21.3 Å². The van der Waals surface area contributed by atoms with Gasteiger partial charge in [0.25, 0.3) is 0 Å². The molecule has 1 aliphatic heterocycles. The molecule has 1 atom stereocenters. The van der Waals surface area contributed by atoms with Crippen molar-refractivity contribution in [2.24, 2.45) is 0 Å². The Bertz CT molecular complexity index is 943. The van der Waals surface area contributed by atoms with Crippen molar-refractivity contribution in [3.63, 3.8) is 0 Å². The number of fused-ring (bicyclic) bond motifs is 4. The van der Waals surface area contributed by atoms with Crippen LogP contribution in [0.2, 0.25) is 0 Å². The van der Waals surface area contributed by atoms with Crippen molar-refractivity contribution in [2.45, 2.75) is 32.2 Å². The van der Waals surface area contributed by atoms with Gasteiger partial charge in [0.15, 0.2) is 5.13 Å². The number of hydrogen-bond donors (Lipinski definition) is 1. The molecule has 0 fully saturated rings. The van der Waals surface area contributed by atoms with E-state index < -0.39 is 0 Å². The zero-order valence-corrected chi connectivity index (χ0v) is 14.7. The van der Waals surface area contributed by atoms with Crippen molar-refractivity contribution < 1.29 is 0 Å². The van der Waals surface area contributed by atoms with Crippen LogP contribution in [0.5, 0.6) is 0 Å². The monoisotopic (exact) mass is 335 g/mol. The minimum atomic E-state index is 0.528. The number of aromatic nitrogens is 1. The molecule has 3 nitrogen and oxygen atoms in total. The van der Waals surface area contributed by atoms with Crippen molar-refractivity contribution in [1.82, 2.24) is 9.88 Å². The van der Waals surface area contributed by atoms with Gasteiger partial charge < -0.3 is 5.73 Å². The Kier molecular flexibility index (Phi) is 3.19. The van der Waals surface area contributed by atoms with Gasteiger partial charge in [-0.2, -0.15) is 0 Å². The summed E-state index contributed by atoms with van der Waals surface area (Å²) in [7, 11) is 0. The Morgan fingerprint density at radius 3 is 3.04 bits per heavy atom. The van der Waals surface area contributed by atoms with Gasteiger partial charge in [0.05, 0.1) is 10.2 Å². The van der Waals surface area contributed by atoms with Gasteiger partial charge in [-0.25, -0.2) is 4.98 Å². The lowest BCUT2D eigenvalue weighted by atomic mass is 9.77. The minimum Gasteiger partial charge on any atom is -0.375 e. The first-order valence-corrected chi connectivity index (χ1v) is 9.62. The Balaban J connectivity index is 1.79. The summed E-state index contributed by atoms with van der Waals surface area (Å²) in [6.07, 6.45) is 3.48. The van der Waals surface area contributed by atoms with Crippen molar-refractivity contribution in [3.05, 3.63) is 47.0 Å². The molecule has 4 heteroatoms. The van der Waals surface area contributed by atoms with E-state index in [4.69, 9.17) is 5.73 Å². The second kappa shape index (κ2) is 5.30. The molecule has 0 saturated heterocycles. The molecule has 1 aliphatic carbocycles. The second-order valence-corrected chi connectivity index (χ2v) is 7.91. The molecule has 5 rings (SSSR count). The van der Waals surface area contributed by atoms with Crippen LogP contribution in [0.15, 0.2) is 30.3 Å². The lowest BCUT2D eigenvalue weighted by Gasteiger charge is -2.41. The lowest BCUT2D eigenvalue weighted by Crippen LogP contribution is -2.38. The van der Waals surface area contributed by atoms with Crippen LogP contribution in [-0.4, -0.2) is 23.0 Å². The highest BCUT2D eigenvalue weighted by Crippen LogP contribution is 2.48. The molecule has 2 heterocycles. The number of anilines is 1. The number of thiazole rings is 1. The Labute approximate surface area is 146 Å². The number of nitrogen functional groups attached to an aromatic ring is 1. The van der Waals surface area contributed by atoms with Crippen LogP contribution < -0.4 is 5.73 Å². The van der Waals surface area contributed by atoms with Gasteiger partial charge in [0.1, 0.15) is 0 Å². The van der Waals surface area contributed by atoms with E-state index in [9.17, 15) is 0 Å². The summed E-state index contributed by atoms with van der Waals surface area (Å²) in [4.78, 5) is 7.18. The molecule has 24 heavy (non-hydrogen) atoms. The van der Waals surface area contributed by atoms with E-state index in [1.165, 1.54) is 46.5 Å². The normalized spacial score (nSPS) is 19.3. The third kappa shape index (κ3) is 1.96. The van der Waals surface area contributed by atoms with Gasteiger partial charge in [-0.05, 0) is 54.1 Å². The first-order valence-electron chi connectivity index (χ1n) is 8.80. The van der Waals surface area contributed by atoms with E-state index in [2.05, 4.69) is 47.1 Å². The van der Waals surface area contributed by atoms with E-state index in [1.54, 1.807) is 16.9 Å². The number of nitrogens with zero attached hydrogens (tertiary/aromatic N) is 2. The number of rotatable bonds is 2. The maximum Gasteiger partial charge on any atom is 0.181 e. The number of hydrogen-bond acceptors (Lipinski definition) is 4. The molecule has 1 unspecified atom stereocenters. The van der Waals surface area contributed by atoms with Gasteiger partial charge in [0, 0.05) is 18.2 Å². The molecule has 2 N–H and O–H groups in total. The van der Waals surface area contributed by atoms with Crippen LogP contribution in [0.4, 0.5) is 5.13 Å². The molecular formula is C20H21N3S. The maximum absolute atomic E-state index is 6.00. The fourth-order valence-corrected chi connectivity index (χ4v) is 5.47. The maximum atomic E-state index is 6.00. The van der Waals surface area contributed by atoms with Crippen LogP contribution in [0, 0.1) is 0 Å². The molecule has 0 bridgehead atoms. The SMILES string of the molecule is CCCN1CCc2cccc3c2C1Cc1ccc2nc(N)sc2c1-3. The second-order valence-electron chi connectivity index (χ2n) is 6.88. The minimum absolute atomic E-state index is 0.528. The number of benzene rings is 2. The summed E-state index contributed by atoms with van der Waals surface area (Å²) in [6, 6.07) is 11.8. The third-order valence-electron chi connectivity index (χ3n) is 5.49. The predicted octanol–water partition coefficient (Wildman–Crippen LogP) is 4.41. The molecule has 2 aliphatic rings. The van der Waals surface area contributed by atoms with E-state index in [-0.39, 0.29) is 0 Å². The average Bonchev–Trinajstić information content (AvgIpc) is 2.97. The standard InChI is InChI=1S/C20H21N3S/c1-2-9-23-10-8-12-4-3-5-14-17(12)16(23)11-13-6-7-15-19(18(13)14)24-20(21)22-15/h3-7,16H,2,8-11H2,1H3,(H2,21,22). The topological polar surface area (TPSA) is 42.2 Å². The molecule has 1 aromatic heterocycles. The van der Waals surface area contributed by atoms with Crippen LogP contribution in [0.1, 0.15) is 36.1 Å². The van der Waals surface area contributed by atoms with Crippen molar-refractivity contribution in [2.75, 3.05) is 18.8 Å². The molecule has 0 saturated carbocycles. The van der Waals surface area contributed by atoms with Crippen molar-refractivity contribution >= 4 is 26.7 Å². The highest BCUT2D eigenvalue weighted by Gasteiger charge is 2.34. The predicted molar refractivity (Wildman–Crippen MR) is 101 cm³/mol. The van der Waals surface area contributed by atoms with Gasteiger partial charge in [0.2, 0.25) is 0 Å². The summed E-state index contributed by atoms with van der Waals surface area (Å²) in [5.74, 6) is 0. The van der Waals surface area contributed by atoms with E-state index >= 15 is 0 Å². The zero-order chi connectivity index (χ0) is 16.3. The molecule has 3 aromatic rings. The Hall–Kier alpha value is -1.91. The van der Waals surface area contributed by atoms with Crippen LogP contribution in [-0.2, 0) is 12.8 Å². The van der Waals surface area contributed by atoms with Crippen molar-refractivity contribution in [3.8, 4) is 11.1 Å². The fraction of sp³-hybridized carbons (Fsp3) is 0.350. The summed E-state index contributed by atoms with van der Waals surface area (Å²) in [6.45, 7) is 4.64. The largest absolute Gasteiger partial charge is 0.375 e. The van der Waals surface area contributed by atoms with Gasteiger partial charge in [-0.15, -0.1) is 0 Å². The zero-order valence-electron chi connectivity index (χ0n) is 13.9. The van der Waals surface area contributed by atoms with Crippen LogP contribution >= 0.6 is 11.3 Å². The van der Waals surface area contributed by atoms with E-state index in [0.717, 1.165) is 18.4 Å². The van der Waals surface area contributed by atoms with Gasteiger partial charge in [-0.1, -0.05) is 42.5 Å². The fourth-order valence-electron chi connectivity index (χ4n) is 4.55. The summed E-state index contributed by atoms with van der Waals surface area (Å²) < 4.78 is 1.25. The van der Waals surface area contributed by atoms with Crippen molar-refractivity contribution in [1.29, 1.82) is 0 Å². The average molecular weight is 335 g/mol. The first-order chi connectivity index (χ1) is 11.8. The molecule has 0 spiro atoms. The molecule has 0 amide bonds. The molecule has 0 radical (unpaired) electrons. The van der Waals surface area contributed by atoms with Gasteiger partial charge in [-0.3, -0.25) is 4.90 Å². The summed E-state index contributed by atoms with van der Waals surface area (Å²) in [5.41, 5.74) is 14.4. The van der Waals surface area contributed by atoms with Crippen LogP contribution in [0.3, 0.4) is 0 Å². The molecule has 122 valence electrons. The Morgan fingerprint density at radius 1 is 1.25 bits per heavy atom. The first kappa shape index (κ1) is 14.4. The highest BCUT2D eigenvalue weighted by molar-refractivity contribution is 7.22. The molecular weight excluding hydrogens is 314 g/mol.